The maximum Gasteiger partial charge on any atom is 0.156 e. The molecule has 0 unspecified atom stereocenters. The number of ether oxygens (including phenoxy) is 2. The van der Waals surface area contributed by atoms with E-state index in [1.165, 1.54) is 5.57 Å². The van der Waals surface area contributed by atoms with Crippen LogP contribution in [0, 0.1) is 0 Å². The second-order valence-corrected chi connectivity index (χ2v) is 4.82. The molecule has 3 nitrogen and oxygen atoms in total. The molecule has 0 fully saturated rings. The lowest BCUT2D eigenvalue weighted by Crippen LogP contribution is -2.03. The molecule has 3 heteroatoms. The topological polar surface area (TPSA) is 31.6 Å². The lowest BCUT2D eigenvalue weighted by atomic mass is 10.0. The van der Waals surface area contributed by atoms with E-state index in [4.69, 9.17) is 13.9 Å². The fraction of sp³-hybridized carbons (Fsp3) is 0.375. The fourth-order valence-electron chi connectivity index (χ4n) is 1.97. The third kappa shape index (κ3) is 3.31. The number of hydrogen-bond donors (Lipinski definition) is 0. The quantitative estimate of drug-likeness (QED) is 0.785. The molecule has 0 atom stereocenters. The van der Waals surface area contributed by atoms with Crippen molar-refractivity contribution in [3.8, 4) is 0 Å². The summed E-state index contributed by atoms with van der Waals surface area (Å²) in [5.41, 5.74) is 2.23. The summed E-state index contributed by atoms with van der Waals surface area (Å²) >= 11 is 0. The van der Waals surface area contributed by atoms with E-state index < -0.39 is 0 Å². The molecule has 0 aromatic carbocycles. The maximum atomic E-state index is 5.80. The van der Waals surface area contributed by atoms with Crippen LogP contribution in [0.2, 0.25) is 0 Å². The molecule has 1 aliphatic rings. The molecule has 0 spiro atoms. The molecule has 102 valence electrons. The molecule has 0 saturated carbocycles. The van der Waals surface area contributed by atoms with Crippen molar-refractivity contribution in [1.82, 2.24) is 0 Å². The summed E-state index contributed by atoms with van der Waals surface area (Å²) in [6.45, 7) is 8.29. The van der Waals surface area contributed by atoms with Gasteiger partial charge in [-0.3, -0.25) is 0 Å². The van der Waals surface area contributed by atoms with Crippen molar-refractivity contribution in [3.63, 3.8) is 0 Å². The van der Waals surface area contributed by atoms with Crippen molar-refractivity contribution in [2.45, 2.75) is 33.3 Å². The van der Waals surface area contributed by atoms with Gasteiger partial charge in [0.25, 0.3) is 0 Å². The van der Waals surface area contributed by atoms with Crippen LogP contribution in [-0.4, -0.2) is 7.11 Å². The summed E-state index contributed by atoms with van der Waals surface area (Å²) in [6, 6.07) is 3.83. The van der Waals surface area contributed by atoms with Crippen LogP contribution < -0.4 is 0 Å². The van der Waals surface area contributed by atoms with Crippen LogP contribution in [0.25, 0.3) is 5.57 Å². The number of furan rings is 1. The van der Waals surface area contributed by atoms with E-state index in [9.17, 15) is 0 Å². The predicted octanol–water partition coefficient (Wildman–Crippen LogP) is 4.43. The van der Waals surface area contributed by atoms with E-state index >= 15 is 0 Å². The van der Waals surface area contributed by atoms with Crippen molar-refractivity contribution in [2.24, 2.45) is 0 Å². The first-order valence-electron chi connectivity index (χ1n) is 6.42. The average Bonchev–Trinajstić information content (AvgIpc) is 2.86. The minimum Gasteiger partial charge on any atom is -0.493 e. The molecule has 0 aliphatic heterocycles. The summed E-state index contributed by atoms with van der Waals surface area (Å²) in [7, 11) is 1.67. The van der Waals surface area contributed by atoms with E-state index in [1.54, 1.807) is 7.11 Å². The minimum atomic E-state index is 0.419. The Bertz CT molecular complexity index is 532. The Morgan fingerprint density at radius 2 is 2.16 bits per heavy atom. The number of allylic oxidation sites excluding steroid dienone is 4. The van der Waals surface area contributed by atoms with Crippen LogP contribution in [0.15, 0.2) is 46.3 Å². The zero-order valence-electron chi connectivity index (χ0n) is 11.8. The molecule has 2 rings (SSSR count). The zero-order valence-corrected chi connectivity index (χ0v) is 11.8. The fourth-order valence-corrected chi connectivity index (χ4v) is 1.97. The van der Waals surface area contributed by atoms with Gasteiger partial charge < -0.3 is 13.9 Å². The Labute approximate surface area is 114 Å². The highest BCUT2D eigenvalue weighted by atomic mass is 16.5. The van der Waals surface area contributed by atoms with Gasteiger partial charge in [-0.05, 0) is 44.1 Å². The highest BCUT2D eigenvalue weighted by molar-refractivity contribution is 5.56. The van der Waals surface area contributed by atoms with E-state index in [0.29, 0.717) is 6.61 Å². The first kappa shape index (κ1) is 13.5. The van der Waals surface area contributed by atoms with Crippen molar-refractivity contribution in [3.05, 3.63) is 53.4 Å². The van der Waals surface area contributed by atoms with Gasteiger partial charge in [0.15, 0.2) is 5.76 Å². The Balaban J connectivity index is 2.03. The van der Waals surface area contributed by atoms with Crippen LogP contribution in [-0.2, 0) is 16.1 Å². The summed E-state index contributed by atoms with van der Waals surface area (Å²) < 4.78 is 16.8. The standard InChI is InChI=1S/C16H20O3/c1-11(2)14-8-6-13(19-14)10-18-15-7-5-12(3)9-16(15)17-4/h6,8-9H,1,5,7,10H2,2-4H3. The van der Waals surface area contributed by atoms with E-state index in [1.807, 2.05) is 25.1 Å². The van der Waals surface area contributed by atoms with Crippen LogP contribution in [0.5, 0.6) is 0 Å². The Morgan fingerprint density at radius 1 is 1.37 bits per heavy atom. The summed E-state index contributed by atoms with van der Waals surface area (Å²) in [4.78, 5) is 0. The molecule has 0 saturated heterocycles. The molecule has 0 radical (unpaired) electrons. The predicted molar refractivity (Wildman–Crippen MR) is 75.2 cm³/mol. The number of rotatable bonds is 5. The van der Waals surface area contributed by atoms with Gasteiger partial charge in [0.1, 0.15) is 23.9 Å². The first-order valence-corrected chi connectivity index (χ1v) is 6.42. The van der Waals surface area contributed by atoms with Gasteiger partial charge >= 0.3 is 0 Å². The summed E-state index contributed by atoms with van der Waals surface area (Å²) in [5.74, 6) is 3.31. The average molecular weight is 260 g/mol. The highest BCUT2D eigenvalue weighted by Gasteiger charge is 2.14. The third-order valence-corrected chi connectivity index (χ3v) is 3.09. The second-order valence-electron chi connectivity index (χ2n) is 4.82. The molecule has 1 aromatic heterocycles. The van der Waals surface area contributed by atoms with Crippen LogP contribution >= 0.6 is 0 Å². The molecule has 0 N–H and O–H groups in total. The van der Waals surface area contributed by atoms with Crippen molar-refractivity contribution in [2.75, 3.05) is 7.11 Å². The zero-order chi connectivity index (χ0) is 13.8. The van der Waals surface area contributed by atoms with Crippen molar-refractivity contribution >= 4 is 5.57 Å². The van der Waals surface area contributed by atoms with E-state index in [0.717, 1.165) is 41.5 Å². The monoisotopic (exact) mass is 260 g/mol. The van der Waals surface area contributed by atoms with E-state index in [2.05, 4.69) is 13.5 Å². The van der Waals surface area contributed by atoms with Gasteiger partial charge in [-0.25, -0.2) is 0 Å². The largest absolute Gasteiger partial charge is 0.493 e. The van der Waals surface area contributed by atoms with Crippen LogP contribution in [0.1, 0.15) is 38.2 Å². The molecular weight excluding hydrogens is 240 g/mol. The lowest BCUT2D eigenvalue weighted by molar-refractivity contribution is 0.144. The molecule has 0 bridgehead atoms. The molecule has 1 aromatic rings. The Morgan fingerprint density at radius 3 is 2.79 bits per heavy atom. The van der Waals surface area contributed by atoms with Crippen LogP contribution in [0.4, 0.5) is 0 Å². The van der Waals surface area contributed by atoms with Gasteiger partial charge in [-0.2, -0.15) is 0 Å². The lowest BCUT2D eigenvalue weighted by Gasteiger charge is -2.17. The maximum absolute atomic E-state index is 5.80. The minimum absolute atomic E-state index is 0.419. The number of methoxy groups -OCH3 is 1. The molecule has 1 heterocycles. The highest BCUT2D eigenvalue weighted by Crippen LogP contribution is 2.26. The van der Waals surface area contributed by atoms with Gasteiger partial charge in [0.2, 0.25) is 0 Å². The molecule has 19 heavy (non-hydrogen) atoms. The van der Waals surface area contributed by atoms with Crippen molar-refractivity contribution < 1.29 is 13.9 Å². The van der Waals surface area contributed by atoms with Gasteiger partial charge in [-0.15, -0.1) is 0 Å². The third-order valence-electron chi connectivity index (χ3n) is 3.09. The first-order chi connectivity index (χ1) is 9.10. The Hall–Kier alpha value is -1.90. The second kappa shape index (κ2) is 5.83. The number of hydrogen-bond acceptors (Lipinski definition) is 3. The summed E-state index contributed by atoms with van der Waals surface area (Å²) in [6.07, 6.45) is 3.91. The Kier molecular flexibility index (Phi) is 4.15. The van der Waals surface area contributed by atoms with E-state index in [-0.39, 0.29) is 0 Å². The van der Waals surface area contributed by atoms with Crippen LogP contribution in [0.3, 0.4) is 0 Å². The normalized spacial score (nSPS) is 15.2. The summed E-state index contributed by atoms with van der Waals surface area (Å²) in [5, 5.41) is 0. The molecule has 0 amide bonds. The van der Waals surface area contributed by atoms with Crippen molar-refractivity contribution in [1.29, 1.82) is 0 Å². The SMILES string of the molecule is C=C(C)c1ccc(COC2=C(OC)C=C(C)CC2)o1. The smallest absolute Gasteiger partial charge is 0.156 e. The molecule has 1 aliphatic carbocycles. The molecular formula is C16H20O3. The van der Waals surface area contributed by atoms with Gasteiger partial charge in [-0.1, -0.05) is 12.2 Å². The van der Waals surface area contributed by atoms with Gasteiger partial charge in [0, 0.05) is 6.42 Å². The van der Waals surface area contributed by atoms with Gasteiger partial charge in [0.05, 0.1) is 7.11 Å².